The summed E-state index contributed by atoms with van der Waals surface area (Å²) in [7, 11) is -3.55. The summed E-state index contributed by atoms with van der Waals surface area (Å²) in [6.07, 6.45) is 2.97. The number of nitrogens with zero attached hydrogens (tertiary/aromatic N) is 3. The Kier molecular flexibility index (Phi) is 7.77. The van der Waals surface area contributed by atoms with Gasteiger partial charge in [0, 0.05) is 44.5 Å². The topological polar surface area (TPSA) is 140 Å². The van der Waals surface area contributed by atoms with Gasteiger partial charge in [-0.25, -0.2) is 23.2 Å². The SMILES string of the molecule is CCc1nc(N)ncc1CNC(=O)NCc1ccc(S(=O)(=O)N2CCCOCC2)cc1. The standard InChI is InChI=1S/C20H28N6O4S/c1-2-18-16(13-22-19(21)25-18)14-24-20(27)23-12-15-4-6-17(7-5-15)31(28,29)26-8-3-10-30-11-9-26/h4-7,13H,2-3,8-12,14H2,1H3,(H2,21,22,25)(H2,23,24,27). The Balaban J connectivity index is 1.52. The van der Waals surface area contributed by atoms with Crippen molar-refractivity contribution in [3.63, 3.8) is 0 Å². The van der Waals surface area contributed by atoms with Crippen LogP contribution in [0.4, 0.5) is 10.7 Å². The van der Waals surface area contributed by atoms with Crippen LogP contribution in [0.15, 0.2) is 35.4 Å². The largest absolute Gasteiger partial charge is 0.380 e. The molecule has 1 aromatic carbocycles. The van der Waals surface area contributed by atoms with Crippen molar-refractivity contribution < 1.29 is 17.9 Å². The van der Waals surface area contributed by atoms with Gasteiger partial charge >= 0.3 is 6.03 Å². The first-order valence-electron chi connectivity index (χ1n) is 10.2. The molecule has 3 rings (SSSR count). The molecule has 0 radical (unpaired) electrons. The highest BCUT2D eigenvalue weighted by Gasteiger charge is 2.25. The number of carbonyl (C=O) groups excluding carboxylic acids is 1. The Morgan fingerprint density at radius 1 is 1.16 bits per heavy atom. The fourth-order valence-corrected chi connectivity index (χ4v) is 4.69. The summed E-state index contributed by atoms with van der Waals surface area (Å²) in [6, 6.07) is 6.18. The number of benzene rings is 1. The monoisotopic (exact) mass is 448 g/mol. The van der Waals surface area contributed by atoms with Crippen molar-refractivity contribution in [2.24, 2.45) is 0 Å². The Bertz CT molecular complexity index is 989. The van der Waals surface area contributed by atoms with Crippen LogP contribution < -0.4 is 16.4 Å². The molecule has 1 aromatic heterocycles. The van der Waals surface area contributed by atoms with Crippen molar-refractivity contribution in [2.75, 3.05) is 32.0 Å². The molecule has 4 N–H and O–H groups in total. The molecule has 2 heterocycles. The van der Waals surface area contributed by atoms with Crippen LogP contribution >= 0.6 is 0 Å². The molecule has 1 aliphatic rings. The van der Waals surface area contributed by atoms with Gasteiger partial charge < -0.3 is 21.1 Å². The fourth-order valence-electron chi connectivity index (χ4n) is 3.22. The predicted molar refractivity (Wildman–Crippen MR) is 116 cm³/mol. The minimum Gasteiger partial charge on any atom is -0.380 e. The molecule has 0 spiro atoms. The van der Waals surface area contributed by atoms with E-state index in [1.54, 1.807) is 30.5 Å². The predicted octanol–water partition coefficient (Wildman–Crippen LogP) is 1.03. The number of nitrogen functional groups attached to an aromatic ring is 1. The summed E-state index contributed by atoms with van der Waals surface area (Å²) in [5.41, 5.74) is 7.98. The number of hydrogen-bond acceptors (Lipinski definition) is 7. The van der Waals surface area contributed by atoms with Gasteiger partial charge in [0.15, 0.2) is 0 Å². The van der Waals surface area contributed by atoms with Crippen molar-refractivity contribution in [1.29, 1.82) is 0 Å². The van der Waals surface area contributed by atoms with Crippen molar-refractivity contribution in [3.8, 4) is 0 Å². The first-order valence-corrected chi connectivity index (χ1v) is 11.6. The van der Waals surface area contributed by atoms with Crippen LogP contribution in [0.5, 0.6) is 0 Å². The number of nitrogens with one attached hydrogen (secondary N) is 2. The smallest absolute Gasteiger partial charge is 0.315 e. The fraction of sp³-hybridized carbons (Fsp3) is 0.450. The lowest BCUT2D eigenvalue weighted by Crippen LogP contribution is -2.35. The normalized spacial score (nSPS) is 15.3. The van der Waals surface area contributed by atoms with Gasteiger partial charge in [-0.3, -0.25) is 0 Å². The number of aromatic nitrogens is 2. The van der Waals surface area contributed by atoms with E-state index >= 15 is 0 Å². The number of urea groups is 1. The highest BCUT2D eigenvalue weighted by Crippen LogP contribution is 2.18. The van der Waals surface area contributed by atoms with Crippen LogP contribution in [0.25, 0.3) is 0 Å². The maximum atomic E-state index is 12.8. The van der Waals surface area contributed by atoms with Gasteiger partial charge in [-0.2, -0.15) is 4.31 Å². The van der Waals surface area contributed by atoms with E-state index in [4.69, 9.17) is 10.5 Å². The average molecular weight is 449 g/mol. The molecule has 2 amide bonds. The number of rotatable bonds is 7. The van der Waals surface area contributed by atoms with E-state index in [9.17, 15) is 13.2 Å². The van der Waals surface area contributed by atoms with Crippen molar-refractivity contribution in [1.82, 2.24) is 24.9 Å². The number of amides is 2. The van der Waals surface area contributed by atoms with E-state index < -0.39 is 10.0 Å². The molecule has 168 valence electrons. The molecule has 1 fully saturated rings. The Hall–Kier alpha value is -2.76. The molecule has 0 atom stereocenters. The number of sulfonamides is 1. The number of carbonyl (C=O) groups is 1. The second kappa shape index (κ2) is 10.5. The summed E-state index contributed by atoms with van der Waals surface area (Å²) in [4.78, 5) is 20.5. The summed E-state index contributed by atoms with van der Waals surface area (Å²) in [5, 5.41) is 5.52. The van der Waals surface area contributed by atoms with E-state index in [0.29, 0.717) is 39.1 Å². The summed E-state index contributed by atoms with van der Waals surface area (Å²) < 4.78 is 32.3. The van der Waals surface area contributed by atoms with E-state index in [2.05, 4.69) is 20.6 Å². The molecule has 2 aromatic rings. The molecule has 31 heavy (non-hydrogen) atoms. The van der Waals surface area contributed by atoms with Crippen LogP contribution in [0.3, 0.4) is 0 Å². The highest BCUT2D eigenvalue weighted by atomic mass is 32.2. The zero-order valence-electron chi connectivity index (χ0n) is 17.5. The van der Waals surface area contributed by atoms with Crippen LogP contribution in [0.2, 0.25) is 0 Å². The van der Waals surface area contributed by atoms with Gasteiger partial charge in [-0.05, 0) is 30.5 Å². The summed E-state index contributed by atoms with van der Waals surface area (Å²) in [6.45, 7) is 4.28. The third kappa shape index (κ3) is 6.12. The molecular formula is C20H28N6O4S. The molecule has 10 nitrogen and oxygen atoms in total. The van der Waals surface area contributed by atoms with Crippen LogP contribution in [-0.4, -0.2) is 55.0 Å². The molecule has 11 heteroatoms. The maximum absolute atomic E-state index is 12.8. The second-order valence-electron chi connectivity index (χ2n) is 7.10. The minimum absolute atomic E-state index is 0.208. The molecule has 0 aliphatic carbocycles. The van der Waals surface area contributed by atoms with Crippen LogP contribution in [-0.2, 0) is 34.3 Å². The summed E-state index contributed by atoms with van der Waals surface area (Å²) in [5.74, 6) is 0.208. The first-order chi connectivity index (χ1) is 14.9. The number of hydrogen-bond donors (Lipinski definition) is 3. The molecule has 0 unspecified atom stereocenters. The molecule has 0 bridgehead atoms. The highest BCUT2D eigenvalue weighted by molar-refractivity contribution is 7.89. The van der Waals surface area contributed by atoms with Crippen molar-refractivity contribution in [3.05, 3.63) is 47.3 Å². The summed E-state index contributed by atoms with van der Waals surface area (Å²) >= 11 is 0. The third-order valence-corrected chi connectivity index (χ3v) is 6.86. The zero-order chi connectivity index (χ0) is 22.3. The van der Waals surface area contributed by atoms with E-state index in [1.165, 1.54) is 4.31 Å². The Morgan fingerprint density at radius 3 is 2.65 bits per heavy atom. The number of anilines is 1. The van der Waals surface area contributed by atoms with Gasteiger partial charge in [-0.1, -0.05) is 19.1 Å². The van der Waals surface area contributed by atoms with Gasteiger partial charge in [-0.15, -0.1) is 0 Å². The lowest BCUT2D eigenvalue weighted by atomic mass is 10.2. The lowest BCUT2D eigenvalue weighted by Gasteiger charge is -2.19. The molecular weight excluding hydrogens is 420 g/mol. The molecule has 1 saturated heterocycles. The van der Waals surface area contributed by atoms with Gasteiger partial charge in [0.1, 0.15) is 0 Å². The minimum atomic E-state index is -3.55. The van der Waals surface area contributed by atoms with E-state index in [-0.39, 0.29) is 30.0 Å². The molecule has 0 saturated carbocycles. The van der Waals surface area contributed by atoms with Crippen molar-refractivity contribution in [2.45, 2.75) is 37.8 Å². The van der Waals surface area contributed by atoms with E-state index in [1.807, 2.05) is 6.92 Å². The second-order valence-corrected chi connectivity index (χ2v) is 9.04. The van der Waals surface area contributed by atoms with Crippen molar-refractivity contribution >= 4 is 22.0 Å². The van der Waals surface area contributed by atoms with Gasteiger partial charge in [0.2, 0.25) is 16.0 Å². The number of aryl methyl sites for hydroxylation is 1. The van der Waals surface area contributed by atoms with Gasteiger partial charge in [0.05, 0.1) is 17.2 Å². The lowest BCUT2D eigenvalue weighted by molar-refractivity contribution is 0.148. The zero-order valence-corrected chi connectivity index (χ0v) is 18.3. The first kappa shape index (κ1) is 22.9. The Morgan fingerprint density at radius 2 is 1.90 bits per heavy atom. The third-order valence-electron chi connectivity index (χ3n) is 4.94. The van der Waals surface area contributed by atoms with E-state index in [0.717, 1.165) is 16.8 Å². The van der Waals surface area contributed by atoms with Gasteiger partial charge in [0.25, 0.3) is 0 Å². The maximum Gasteiger partial charge on any atom is 0.315 e. The number of nitrogens with two attached hydrogens (primary N) is 1. The van der Waals surface area contributed by atoms with Crippen LogP contribution in [0.1, 0.15) is 30.2 Å². The molecule has 1 aliphatic heterocycles. The van der Waals surface area contributed by atoms with Crippen LogP contribution in [0, 0.1) is 0 Å². The number of ether oxygens (including phenoxy) is 1. The quantitative estimate of drug-likeness (QED) is 0.575. The Labute approximate surface area is 182 Å². The average Bonchev–Trinajstić information content (AvgIpc) is 3.07.